The van der Waals surface area contributed by atoms with Gasteiger partial charge in [-0.15, -0.1) is 0 Å². The van der Waals surface area contributed by atoms with Crippen LogP contribution in [0.1, 0.15) is 5.56 Å². The highest BCUT2D eigenvalue weighted by atomic mass is 16.4. The third-order valence-corrected chi connectivity index (χ3v) is 2.26. The van der Waals surface area contributed by atoms with Gasteiger partial charge in [0, 0.05) is 24.6 Å². The summed E-state index contributed by atoms with van der Waals surface area (Å²) >= 11 is 0. The minimum Gasteiger partial charge on any atom is -0.465 e. The van der Waals surface area contributed by atoms with E-state index in [9.17, 15) is 4.79 Å². The summed E-state index contributed by atoms with van der Waals surface area (Å²) in [6.45, 7) is 0.324. The summed E-state index contributed by atoms with van der Waals surface area (Å²) in [5, 5.41) is 10.9. The number of hydrogen-bond acceptors (Lipinski definition) is 1. The fraction of sp³-hybridized carbons (Fsp3) is 0.0833. The molecule has 1 heterocycles. The van der Waals surface area contributed by atoms with Gasteiger partial charge < -0.3 is 15.0 Å². The van der Waals surface area contributed by atoms with Gasteiger partial charge in [-0.3, -0.25) is 0 Å². The molecule has 0 fully saturated rings. The highest BCUT2D eigenvalue weighted by Gasteiger charge is 1.99. The molecule has 0 bridgehead atoms. The molecule has 0 unspecified atom stereocenters. The number of carboxylic acid groups (broad SMARTS) is 1. The predicted molar refractivity (Wildman–Crippen MR) is 60.6 cm³/mol. The molecule has 0 radical (unpaired) electrons. The largest absolute Gasteiger partial charge is 0.465 e. The second kappa shape index (κ2) is 4.53. The van der Waals surface area contributed by atoms with Crippen LogP contribution in [0, 0.1) is 0 Å². The van der Waals surface area contributed by atoms with Crippen LogP contribution in [-0.2, 0) is 6.54 Å². The van der Waals surface area contributed by atoms with E-state index in [4.69, 9.17) is 5.11 Å². The van der Waals surface area contributed by atoms with Crippen molar-refractivity contribution in [2.24, 2.45) is 0 Å². The van der Waals surface area contributed by atoms with Crippen LogP contribution in [0.5, 0.6) is 0 Å². The van der Waals surface area contributed by atoms with E-state index in [2.05, 4.69) is 5.32 Å². The fourth-order valence-electron chi connectivity index (χ4n) is 1.51. The first-order valence-electron chi connectivity index (χ1n) is 4.95. The fourth-order valence-corrected chi connectivity index (χ4v) is 1.51. The molecular formula is C12H12N2O2. The molecule has 1 amide bonds. The summed E-state index contributed by atoms with van der Waals surface area (Å²) in [5.41, 5.74) is 1.96. The summed E-state index contributed by atoms with van der Waals surface area (Å²) in [5.74, 6) is 0. The van der Waals surface area contributed by atoms with Crippen molar-refractivity contribution in [3.05, 3.63) is 54.4 Å². The molecule has 2 rings (SSSR count). The van der Waals surface area contributed by atoms with Gasteiger partial charge in [-0.25, -0.2) is 4.79 Å². The molecule has 2 aromatic rings. The van der Waals surface area contributed by atoms with E-state index in [-0.39, 0.29) is 0 Å². The van der Waals surface area contributed by atoms with Gasteiger partial charge in [0.25, 0.3) is 0 Å². The Hall–Kier alpha value is -2.23. The van der Waals surface area contributed by atoms with Crippen molar-refractivity contribution in [1.82, 2.24) is 9.88 Å². The molecule has 0 aliphatic heterocycles. The number of benzene rings is 1. The Morgan fingerprint density at radius 1 is 1.25 bits per heavy atom. The van der Waals surface area contributed by atoms with Gasteiger partial charge in [-0.05, 0) is 29.8 Å². The van der Waals surface area contributed by atoms with Gasteiger partial charge >= 0.3 is 6.09 Å². The SMILES string of the molecule is O=C(O)NCc1cccc(-n2cccc2)c1. The van der Waals surface area contributed by atoms with E-state index in [1.807, 2.05) is 53.4 Å². The minimum absolute atomic E-state index is 0.324. The summed E-state index contributed by atoms with van der Waals surface area (Å²) in [7, 11) is 0. The molecule has 82 valence electrons. The number of nitrogens with one attached hydrogen (secondary N) is 1. The molecule has 4 nitrogen and oxygen atoms in total. The van der Waals surface area contributed by atoms with Gasteiger partial charge in [0.15, 0.2) is 0 Å². The summed E-state index contributed by atoms with van der Waals surface area (Å²) in [4.78, 5) is 10.4. The van der Waals surface area contributed by atoms with Crippen LogP contribution in [-0.4, -0.2) is 15.8 Å². The molecule has 0 saturated carbocycles. The lowest BCUT2D eigenvalue weighted by Crippen LogP contribution is -2.19. The van der Waals surface area contributed by atoms with E-state index in [0.717, 1.165) is 11.3 Å². The number of rotatable bonds is 3. The van der Waals surface area contributed by atoms with Crippen LogP contribution in [0.15, 0.2) is 48.8 Å². The van der Waals surface area contributed by atoms with Gasteiger partial charge in [0.2, 0.25) is 0 Å². The van der Waals surface area contributed by atoms with Gasteiger partial charge in [0.05, 0.1) is 0 Å². The van der Waals surface area contributed by atoms with Crippen molar-refractivity contribution >= 4 is 6.09 Å². The summed E-state index contributed by atoms with van der Waals surface area (Å²) in [6, 6.07) is 11.6. The van der Waals surface area contributed by atoms with Crippen molar-refractivity contribution < 1.29 is 9.90 Å². The maximum Gasteiger partial charge on any atom is 0.404 e. The van der Waals surface area contributed by atoms with Gasteiger partial charge in [0.1, 0.15) is 0 Å². The van der Waals surface area contributed by atoms with Crippen LogP contribution in [0.2, 0.25) is 0 Å². The molecule has 0 aliphatic rings. The van der Waals surface area contributed by atoms with Gasteiger partial charge in [-0.2, -0.15) is 0 Å². The zero-order chi connectivity index (χ0) is 11.4. The minimum atomic E-state index is -1.01. The topological polar surface area (TPSA) is 54.3 Å². The monoisotopic (exact) mass is 216 g/mol. The first-order chi connectivity index (χ1) is 7.75. The number of hydrogen-bond donors (Lipinski definition) is 2. The Morgan fingerprint density at radius 3 is 2.69 bits per heavy atom. The molecule has 0 atom stereocenters. The Labute approximate surface area is 93.1 Å². The normalized spacial score (nSPS) is 10.0. The van der Waals surface area contributed by atoms with Crippen LogP contribution in [0.3, 0.4) is 0 Å². The Bertz CT molecular complexity index is 478. The first kappa shape index (κ1) is 10.3. The third-order valence-electron chi connectivity index (χ3n) is 2.26. The van der Waals surface area contributed by atoms with Gasteiger partial charge in [-0.1, -0.05) is 12.1 Å². The van der Waals surface area contributed by atoms with Crippen LogP contribution >= 0.6 is 0 Å². The Balaban J connectivity index is 2.17. The van der Waals surface area contributed by atoms with E-state index >= 15 is 0 Å². The second-order valence-corrected chi connectivity index (χ2v) is 3.42. The second-order valence-electron chi connectivity index (χ2n) is 3.42. The van der Waals surface area contributed by atoms with E-state index < -0.39 is 6.09 Å². The molecule has 16 heavy (non-hydrogen) atoms. The van der Waals surface area contributed by atoms with Crippen molar-refractivity contribution in [2.45, 2.75) is 6.54 Å². The zero-order valence-electron chi connectivity index (χ0n) is 8.63. The quantitative estimate of drug-likeness (QED) is 0.826. The molecule has 0 spiro atoms. The lowest BCUT2D eigenvalue weighted by molar-refractivity contribution is 0.194. The van der Waals surface area contributed by atoms with E-state index in [0.29, 0.717) is 6.54 Å². The van der Waals surface area contributed by atoms with E-state index in [1.165, 1.54) is 0 Å². The zero-order valence-corrected chi connectivity index (χ0v) is 8.63. The highest BCUT2D eigenvalue weighted by molar-refractivity contribution is 5.64. The molecule has 4 heteroatoms. The Morgan fingerprint density at radius 2 is 2.00 bits per heavy atom. The van der Waals surface area contributed by atoms with Crippen LogP contribution in [0.25, 0.3) is 5.69 Å². The van der Waals surface area contributed by atoms with E-state index in [1.54, 1.807) is 0 Å². The van der Waals surface area contributed by atoms with Crippen LogP contribution in [0.4, 0.5) is 4.79 Å². The molecule has 2 N–H and O–H groups in total. The average molecular weight is 216 g/mol. The molecule has 1 aromatic heterocycles. The first-order valence-corrected chi connectivity index (χ1v) is 4.95. The predicted octanol–water partition coefficient (Wildman–Crippen LogP) is 2.24. The average Bonchev–Trinajstić information content (AvgIpc) is 2.80. The number of aromatic nitrogens is 1. The lowest BCUT2D eigenvalue weighted by Gasteiger charge is -2.06. The molecule has 0 saturated heterocycles. The van der Waals surface area contributed by atoms with Crippen molar-refractivity contribution in [2.75, 3.05) is 0 Å². The maximum absolute atomic E-state index is 10.4. The highest BCUT2D eigenvalue weighted by Crippen LogP contribution is 2.10. The van der Waals surface area contributed by atoms with Crippen molar-refractivity contribution in [3.8, 4) is 5.69 Å². The maximum atomic E-state index is 10.4. The van der Waals surface area contributed by atoms with Crippen LogP contribution < -0.4 is 5.32 Å². The molecule has 1 aromatic carbocycles. The Kier molecular flexibility index (Phi) is 2.91. The molecule has 0 aliphatic carbocycles. The molecular weight excluding hydrogens is 204 g/mol. The van der Waals surface area contributed by atoms with Crippen molar-refractivity contribution in [1.29, 1.82) is 0 Å². The third kappa shape index (κ3) is 2.42. The lowest BCUT2D eigenvalue weighted by atomic mass is 10.2. The number of nitrogens with zero attached hydrogens (tertiary/aromatic N) is 1. The standard InChI is InChI=1S/C12H12N2O2/c15-12(16)13-9-10-4-3-5-11(8-10)14-6-1-2-7-14/h1-8,13H,9H2,(H,15,16). The summed E-state index contributed by atoms with van der Waals surface area (Å²) < 4.78 is 1.98. The number of amides is 1. The smallest absolute Gasteiger partial charge is 0.404 e. The summed E-state index contributed by atoms with van der Waals surface area (Å²) in [6.07, 6.45) is 2.89. The van der Waals surface area contributed by atoms with Crippen molar-refractivity contribution in [3.63, 3.8) is 0 Å². The number of carbonyl (C=O) groups is 1.